The highest BCUT2D eigenvalue weighted by atomic mass is 16.5. The Morgan fingerprint density at radius 1 is 1.12 bits per heavy atom. The van der Waals surface area contributed by atoms with Crippen LogP contribution in [0.3, 0.4) is 0 Å². The SMILES string of the molecule is CC(C)(C)c1ccc(C(=O)NCc2ccc(N3CCOCC3)nc2)cc1. The summed E-state index contributed by atoms with van der Waals surface area (Å²) in [5, 5.41) is 2.96. The first-order valence-corrected chi connectivity index (χ1v) is 9.10. The third-order valence-corrected chi connectivity index (χ3v) is 4.61. The van der Waals surface area contributed by atoms with Crippen LogP contribution in [-0.4, -0.2) is 37.2 Å². The number of anilines is 1. The van der Waals surface area contributed by atoms with E-state index in [1.54, 1.807) is 0 Å². The molecule has 1 fully saturated rings. The average Bonchev–Trinajstić information content (AvgIpc) is 2.66. The van der Waals surface area contributed by atoms with Gasteiger partial charge in [0.1, 0.15) is 5.82 Å². The van der Waals surface area contributed by atoms with Gasteiger partial charge < -0.3 is 15.0 Å². The Hall–Kier alpha value is -2.40. The minimum absolute atomic E-state index is 0.0669. The van der Waals surface area contributed by atoms with Crippen molar-refractivity contribution in [2.75, 3.05) is 31.2 Å². The van der Waals surface area contributed by atoms with E-state index in [4.69, 9.17) is 4.74 Å². The van der Waals surface area contributed by atoms with Crippen LogP contribution < -0.4 is 10.2 Å². The molecule has 5 nitrogen and oxygen atoms in total. The Kier molecular flexibility index (Phi) is 5.57. The highest BCUT2D eigenvalue weighted by molar-refractivity contribution is 5.94. The van der Waals surface area contributed by atoms with E-state index in [2.05, 4.69) is 36.0 Å². The molecule has 26 heavy (non-hydrogen) atoms. The molecule has 0 unspecified atom stereocenters. The molecule has 1 aliphatic heterocycles. The third kappa shape index (κ3) is 4.61. The maximum atomic E-state index is 12.3. The van der Waals surface area contributed by atoms with Crippen LogP contribution in [-0.2, 0) is 16.7 Å². The number of amides is 1. The van der Waals surface area contributed by atoms with E-state index in [9.17, 15) is 4.79 Å². The molecule has 1 amide bonds. The van der Waals surface area contributed by atoms with Gasteiger partial charge in [0.15, 0.2) is 0 Å². The number of hydrogen-bond donors (Lipinski definition) is 1. The maximum Gasteiger partial charge on any atom is 0.251 e. The van der Waals surface area contributed by atoms with Crippen LogP contribution in [0.25, 0.3) is 0 Å². The second-order valence-electron chi connectivity index (χ2n) is 7.63. The minimum atomic E-state index is -0.0669. The number of nitrogens with zero attached hydrogens (tertiary/aromatic N) is 2. The molecule has 1 aromatic carbocycles. The molecule has 3 rings (SSSR count). The summed E-state index contributed by atoms with van der Waals surface area (Å²) >= 11 is 0. The lowest BCUT2D eigenvalue weighted by atomic mass is 9.87. The summed E-state index contributed by atoms with van der Waals surface area (Å²) < 4.78 is 5.36. The van der Waals surface area contributed by atoms with Gasteiger partial charge >= 0.3 is 0 Å². The average molecular weight is 353 g/mol. The third-order valence-electron chi connectivity index (χ3n) is 4.61. The quantitative estimate of drug-likeness (QED) is 0.917. The summed E-state index contributed by atoms with van der Waals surface area (Å²) in [7, 11) is 0. The van der Waals surface area contributed by atoms with Gasteiger partial charge in [0.2, 0.25) is 0 Å². The highest BCUT2D eigenvalue weighted by Gasteiger charge is 2.15. The molecular formula is C21H27N3O2. The standard InChI is InChI=1S/C21H27N3O2/c1-21(2,3)18-7-5-17(6-8-18)20(25)23-15-16-4-9-19(22-14-16)24-10-12-26-13-11-24/h4-9,14H,10-13,15H2,1-3H3,(H,23,25). The second-order valence-corrected chi connectivity index (χ2v) is 7.63. The van der Waals surface area contributed by atoms with Gasteiger partial charge in [-0.15, -0.1) is 0 Å². The van der Waals surface area contributed by atoms with Crippen LogP contribution >= 0.6 is 0 Å². The summed E-state index contributed by atoms with van der Waals surface area (Å²) in [6.07, 6.45) is 1.83. The number of ether oxygens (including phenoxy) is 1. The molecule has 1 aromatic heterocycles. The van der Waals surface area contributed by atoms with Crippen LogP contribution in [0.15, 0.2) is 42.6 Å². The number of morpholine rings is 1. The molecular weight excluding hydrogens is 326 g/mol. The molecule has 0 radical (unpaired) electrons. The van der Waals surface area contributed by atoms with Gasteiger partial charge in [0, 0.05) is 31.4 Å². The molecule has 138 valence electrons. The molecule has 5 heteroatoms. The summed E-state index contributed by atoms with van der Waals surface area (Å²) in [5.74, 6) is 0.892. The van der Waals surface area contributed by atoms with E-state index in [0.717, 1.165) is 37.7 Å². The molecule has 0 bridgehead atoms. The predicted octanol–water partition coefficient (Wildman–Crippen LogP) is 3.15. The minimum Gasteiger partial charge on any atom is -0.378 e. The van der Waals surface area contributed by atoms with Gasteiger partial charge in [-0.3, -0.25) is 4.79 Å². The molecule has 1 saturated heterocycles. The van der Waals surface area contributed by atoms with Crippen LogP contribution in [0, 0.1) is 0 Å². The Morgan fingerprint density at radius 2 is 1.81 bits per heavy atom. The van der Waals surface area contributed by atoms with Crippen molar-refractivity contribution in [2.24, 2.45) is 0 Å². The molecule has 0 aliphatic carbocycles. The fraction of sp³-hybridized carbons (Fsp3) is 0.429. The number of carbonyl (C=O) groups is 1. The molecule has 0 saturated carbocycles. The number of carbonyl (C=O) groups excluding carboxylic acids is 1. The van der Waals surface area contributed by atoms with Crippen molar-refractivity contribution in [3.63, 3.8) is 0 Å². The Morgan fingerprint density at radius 3 is 2.38 bits per heavy atom. The zero-order valence-electron chi connectivity index (χ0n) is 15.8. The fourth-order valence-electron chi connectivity index (χ4n) is 2.91. The lowest BCUT2D eigenvalue weighted by Crippen LogP contribution is -2.36. The first-order valence-electron chi connectivity index (χ1n) is 9.10. The van der Waals surface area contributed by atoms with Gasteiger partial charge in [-0.05, 0) is 34.7 Å². The van der Waals surface area contributed by atoms with Crippen LogP contribution in [0.5, 0.6) is 0 Å². The number of nitrogens with one attached hydrogen (secondary N) is 1. The van der Waals surface area contributed by atoms with E-state index < -0.39 is 0 Å². The molecule has 2 heterocycles. The molecule has 0 atom stereocenters. The summed E-state index contributed by atoms with van der Waals surface area (Å²) in [5.41, 5.74) is 2.97. The number of aromatic nitrogens is 1. The second kappa shape index (κ2) is 7.87. The number of pyridine rings is 1. The molecule has 1 aliphatic rings. The summed E-state index contributed by atoms with van der Waals surface area (Å²) in [6, 6.07) is 11.8. The van der Waals surface area contributed by atoms with Crippen molar-refractivity contribution >= 4 is 11.7 Å². The zero-order chi connectivity index (χ0) is 18.6. The normalized spacial score (nSPS) is 15.0. The van der Waals surface area contributed by atoms with Crippen molar-refractivity contribution in [1.29, 1.82) is 0 Å². The van der Waals surface area contributed by atoms with E-state index in [1.165, 1.54) is 5.56 Å². The van der Waals surface area contributed by atoms with Crippen LogP contribution in [0.2, 0.25) is 0 Å². The fourth-order valence-corrected chi connectivity index (χ4v) is 2.91. The maximum absolute atomic E-state index is 12.3. The predicted molar refractivity (Wildman–Crippen MR) is 104 cm³/mol. The van der Waals surface area contributed by atoms with Gasteiger partial charge in [-0.1, -0.05) is 39.0 Å². The van der Waals surface area contributed by atoms with Crippen molar-refractivity contribution in [3.05, 3.63) is 59.3 Å². The van der Waals surface area contributed by atoms with Crippen molar-refractivity contribution in [3.8, 4) is 0 Å². The van der Waals surface area contributed by atoms with Gasteiger partial charge in [-0.25, -0.2) is 4.98 Å². The largest absolute Gasteiger partial charge is 0.378 e. The number of benzene rings is 1. The molecule has 1 N–H and O–H groups in total. The van der Waals surface area contributed by atoms with Gasteiger partial charge in [-0.2, -0.15) is 0 Å². The summed E-state index contributed by atoms with van der Waals surface area (Å²) in [6.45, 7) is 10.2. The van der Waals surface area contributed by atoms with Crippen LogP contribution in [0.4, 0.5) is 5.82 Å². The molecule has 2 aromatic rings. The Labute approximate surface area is 155 Å². The Balaban J connectivity index is 1.55. The highest BCUT2D eigenvalue weighted by Crippen LogP contribution is 2.22. The van der Waals surface area contributed by atoms with E-state index in [1.807, 2.05) is 42.6 Å². The van der Waals surface area contributed by atoms with Gasteiger partial charge in [0.05, 0.1) is 13.2 Å². The van der Waals surface area contributed by atoms with Gasteiger partial charge in [0.25, 0.3) is 5.91 Å². The van der Waals surface area contributed by atoms with Crippen LogP contribution in [0.1, 0.15) is 42.3 Å². The van der Waals surface area contributed by atoms with E-state index >= 15 is 0 Å². The number of hydrogen-bond acceptors (Lipinski definition) is 4. The first-order chi connectivity index (χ1) is 12.4. The molecule has 0 spiro atoms. The summed E-state index contributed by atoms with van der Waals surface area (Å²) in [4.78, 5) is 19.1. The smallest absolute Gasteiger partial charge is 0.251 e. The Bertz CT molecular complexity index is 727. The lowest BCUT2D eigenvalue weighted by molar-refractivity contribution is 0.0951. The van der Waals surface area contributed by atoms with Crippen molar-refractivity contribution < 1.29 is 9.53 Å². The topological polar surface area (TPSA) is 54.5 Å². The van der Waals surface area contributed by atoms with E-state index in [-0.39, 0.29) is 11.3 Å². The monoisotopic (exact) mass is 353 g/mol. The van der Waals surface area contributed by atoms with E-state index in [0.29, 0.717) is 12.1 Å². The van der Waals surface area contributed by atoms with Crippen molar-refractivity contribution in [1.82, 2.24) is 10.3 Å². The lowest BCUT2D eigenvalue weighted by Gasteiger charge is -2.27. The first kappa shape index (κ1) is 18.4. The van der Waals surface area contributed by atoms with Crippen molar-refractivity contribution in [2.45, 2.75) is 32.7 Å². The number of rotatable bonds is 4. The zero-order valence-corrected chi connectivity index (χ0v) is 15.8.